The highest BCUT2D eigenvalue weighted by molar-refractivity contribution is 5.67. The number of likely N-dealkylation sites (tertiary alicyclic amines) is 1. The van der Waals surface area contributed by atoms with Crippen molar-refractivity contribution in [1.29, 1.82) is 0 Å². The summed E-state index contributed by atoms with van der Waals surface area (Å²) < 4.78 is 4.71. The number of amides is 1. The molecule has 1 rings (SSSR count). The summed E-state index contributed by atoms with van der Waals surface area (Å²) in [6.45, 7) is 1.95. The third-order valence-electron chi connectivity index (χ3n) is 2.36. The molecule has 1 amide bonds. The van der Waals surface area contributed by atoms with Gasteiger partial charge < -0.3 is 20.1 Å². The largest absolute Gasteiger partial charge is 0.447 e. The lowest BCUT2D eigenvalue weighted by Gasteiger charge is -2.29. The lowest BCUT2D eigenvalue weighted by atomic mass is 10.1. The molecule has 0 spiro atoms. The van der Waals surface area contributed by atoms with Gasteiger partial charge in [0.15, 0.2) is 0 Å². The molecule has 1 saturated heterocycles. The van der Waals surface area contributed by atoms with Gasteiger partial charge in [-0.1, -0.05) is 0 Å². The van der Waals surface area contributed by atoms with Gasteiger partial charge in [-0.25, -0.2) is 4.79 Å². The molecule has 1 aliphatic heterocycles. The Hall–Kier alpha value is -0.810. The predicted octanol–water partition coefficient (Wildman–Crippen LogP) is -0.201. The van der Waals surface area contributed by atoms with Crippen LogP contribution in [0.15, 0.2) is 0 Å². The van der Waals surface area contributed by atoms with E-state index in [9.17, 15) is 4.79 Å². The molecular weight excluding hydrogens is 184 g/mol. The highest BCUT2D eigenvalue weighted by Gasteiger charge is 2.18. The third-order valence-corrected chi connectivity index (χ3v) is 2.36. The number of hydrogen-bond acceptors (Lipinski definition) is 4. The van der Waals surface area contributed by atoms with Crippen molar-refractivity contribution in [2.75, 3.05) is 33.4 Å². The monoisotopic (exact) mass is 202 g/mol. The van der Waals surface area contributed by atoms with Crippen molar-refractivity contribution in [2.24, 2.45) is 0 Å². The molecule has 0 aromatic rings. The Balaban J connectivity index is 2.14. The van der Waals surface area contributed by atoms with Crippen LogP contribution in [0.1, 0.15) is 12.8 Å². The highest BCUT2D eigenvalue weighted by Crippen LogP contribution is 2.07. The summed E-state index contributed by atoms with van der Waals surface area (Å²) in [6.07, 6.45) is 1.50. The Bertz CT molecular complexity index is 179. The molecule has 2 N–H and O–H groups in total. The van der Waals surface area contributed by atoms with Crippen LogP contribution in [0.25, 0.3) is 0 Å². The fourth-order valence-electron chi connectivity index (χ4n) is 1.50. The van der Waals surface area contributed by atoms with Crippen LogP contribution < -0.4 is 5.32 Å². The van der Waals surface area contributed by atoms with Gasteiger partial charge in [-0.2, -0.15) is 0 Å². The topological polar surface area (TPSA) is 61.8 Å². The van der Waals surface area contributed by atoms with Gasteiger partial charge in [0.2, 0.25) is 0 Å². The molecule has 0 saturated carbocycles. The van der Waals surface area contributed by atoms with Gasteiger partial charge >= 0.3 is 6.09 Å². The van der Waals surface area contributed by atoms with Crippen molar-refractivity contribution in [3.05, 3.63) is 0 Å². The van der Waals surface area contributed by atoms with Crippen LogP contribution in [0, 0.1) is 0 Å². The van der Waals surface area contributed by atoms with E-state index in [4.69, 9.17) is 9.84 Å². The number of nitrogens with zero attached hydrogens (tertiary/aromatic N) is 1. The van der Waals surface area contributed by atoms with E-state index in [0.29, 0.717) is 0 Å². The second-order valence-corrected chi connectivity index (χ2v) is 3.58. The Labute approximate surface area is 84.0 Å². The number of aliphatic hydroxyl groups is 1. The average molecular weight is 202 g/mol. The van der Waals surface area contributed by atoms with Gasteiger partial charge in [-0.3, -0.25) is 0 Å². The van der Waals surface area contributed by atoms with Crippen LogP contribution in [0.4, 0.5) is 4.79 Å². The first kappa shape index (κ1) is 11.3. The van der Waals surface area contributed by atoms with Gasteiger partial charge in [-0.05, 0) is 33.0 Å². The van der Waals surface area contributed by atoms with E-state index in [1.807, 2.05) is 0 Å². The smallest absolute Gasteiger partial charge is 0.407 e. The number of aliphatic hydroxyl groups excluding tert-OH is 1. The number of carbonyl (C=O) groups is 1. The predicted molar refractivity (Wildman–Crippen MR) is 52.1 cm³/mol. The maximum Gasteiger partial charge on any atom is 0.407 e. The summed E-state index contributed by atoms with van der Waals surface area (Å²) in [5, 5.41) is 11.2. The average Bonchev–Trinajstić information content (AvgIpc) is 2.18. The van der Waals surface area contributed by atoms with E-state index >= 15 is 0 Å². The first-order chi connectivity index (χ1) is 6.72. The van der Waals surface area contributed by atoms with Gasteiger partial charge in [-0.15, -0.1) is 0 Å². The molecule has 0 atom stereocenters. The molecule has 0 aliphatic carbocycles. The van der Waals surface area contributed by atoms with Crippen molar-refractivity contribution in [1.82, 2.24) is 10.2 Å². The second kappa shape index (κ2) is 5.82. The molecule has 82 valence electrons. The van der Waals surface area contributed by atoms with Crippen LogP contribution in [0.5, 0.6) is 0 Å². The van der Waals surface area contributed by atoms with Crippen molar-refractivity contribution < 1.29 is 14.6 Å². The Morgan fingerprint density at radius 1 is 1.57 bits per heavy atom. The summed E-state index contributed by atoms with van der Waals surface area (Å²) in [4.78, 5) is 13.3. The summed E-state index contributed by atoms with van der Waals surface area (Å²) in [6, 6.07) is 0.220. The SMILES string of the molecule is CN1CCC(NC(=O)OCCO)CC1. The number of nitrogens with one attached hydrogen (secondary N) is 1. The van der Waals surface area contributed by atoms with Gasteiger partial charge in [0.05, 0.1) is 6.61 Å². The van der Waals surface area contributed by atoms with Gasteiger partial charge in [0, 0.05) is 6.04 Å². The van der Waals surface area contributed by atoms with E-state index < -0.39 is 6.09 Å². The van der Waals surface area contributed by atoms with Crippen LogP contribution >= 0.6 is 0 Å². The molecular formula is C9H18N2O3. The molecule has 0 unspecified atom stereocenters. The minimum Gasteiger partial charge on any atom is -0.447 e. The Morgan fingerprint density at radius 2 is 2.21 bits per heavy atom. The molecule has 5 heteroatoms. The zero-order valence-electron chi connectivity index (χ0n) is 8.53. The number of hydrogen-bond donors (Lipinski definition) is 2. The van der Waals surface area contributed by atoms with E-state index in [2.05, 4.69) is 17.3 Å². The molecule has 1 fully saturated rings. The molecule has 0 aromatic heterocycles. The van der Waals surface area contributed by atoms with Crippen molar-refractivity contribution >= 4 is 6.09 Å². The second-order valence-electron chi connectivity index (χ2n) is 3.58. The quantitative estimate of drug-likeness (QED) is 0.665. The maximum atomic E-state index is 11.1. The van der Waals surface area contributed by atoms with Crippen LogP contribution in [-0.4, -0.2) is 55.5 Å². The minimum absolute atomic E-state index is 0.0679. The fourth-order valence-corrected chi connectivity index (χ4v) is 1.50. The van der Waals surface area contributed by atoms with Crippen LogP contribution in [-0.2, 0) is 4.74 Å². The minimum atomic E-state index is -0.423. The Kier molecular flexibility index (Phi) is 4.69. The summed E-state index contributed by atoms with van der Waals surface area (Å²) in [5.41, 5.74) is 0. The zero-order chi connectivity index (χ0) is 10.4. The van der Waals surface area contributed by atoms with Crippen LogP contribution in [0.3, 0.4) is 0 Å². The lowest BCUT2D eigenvalue weighted by Crippen LogP contribution is -2.43. The normalized spacial score (nSPS) is 19.3. The van der Waals surface area contributed by atoms with Crippen molar-refractivity contribution in [3.63, 3.8) is 0 Å². The van der Waals surface area contributed by atoms with Gasteiger partial charge in [0.25, 0.3) is 0 Å². The summed E-state index contributed by atoms with van der Waals surface area (Å²) in [7, 11) is 2.07. The highest BCUT2D eigenvalue weighted by atomic mass is 16.6. The molecule has 0 aromatic carbocycles. The third kappa shape index (κ3) is 3.93. The van der Waals surface area contributed by atoms with E-state index in [-0.39, 0.29) is 19.3 Å². The maximum absolute atomic E-state index is 11.1. The number of ether oxygens (including phenoxy) is 1. The van der Waals surface area contributed by atoms with Gasteiger partial charge in [0.1, 0.15) is 6.61 Å². The molecule has 0 radical (unpaired) electrons. The molecule has 0 bridgehead atoms. The molecule has 5 nitrogen and oxygen atoms in total. The van der Waals surface area contributed by atoms with Crippen LogP contribution in [0.2, 0.25) is 0 Å². The zero-order valence-corrected chi connectivity index (χ0v) is 8.53. The first-order valence-corrected chi connectivity index (χ1v) is 4.95. The molecule has 1 heterocycles. The number of carbonyl (C=O) groups excluding carboxylic acids is 1. The molecule has 1 aliphatic rings. The van der Waals surface area contributed by atoms with Crippen molar-refractivity contribution in [2.45, 2.75) is 18.9 Å². The molecule has 14 heavy (non-hydrogen) atoms. The summed E-state index contributed by atoms with van der Waals surface area (Å²) >= 11 is 0. The van der Waals surface area contributed by atoms with E-state index in [1.54, 1.807) is 0 Å². The van der Waals surface area contributed by atoms with E-state index in [1.165, 1.54) is 0 Å². The first-order valence-electron chi connectivity index (χ1n) is 4.95. The Morgan fingerprint density at radius 3 is 2.79 bits per heavy atom. The van der Waals surface area contributed by atoms with E-state index in [0.717, 1.165) is 25.9 Å². The number of piperidine rings is 1. The standard InChI is InChI=1S/C9H18N2O3/c1-11-4-2-8(3-5-11)10-9(13)14-7-6-12/h8,12H,2-7H2,1H3,(H,10,13). The van der Waals surface area contributed by atoms with Crippen molar-refractivity contribution in [3.8, 4) is 0 Å². The number of rotatable bonds is 3. The summed E-state index contributed by atoms with van der Waals surface area (Å²) in [5.74, 6) is 0. The lowest BCUT2D eigenvalue weighted by molar-refractivity contribution is 0.112. The number of alkyl carbamates (subject to hydrolysis) is 1. The fraction of sp³-hybridized carbons (Fsp3) is 0.889.